The Kier molecular flexibility index (Phi) is 7.24. The van der Waals surface area contributed by atoms with Gasteiger partial charge >= 0.3 is 6.03 Å². The first-order valence-corrected chi connectivity index (χ1v) is 11.3. The summed E-state index contributed by atoms with van der Waals surface area (Å²) < 4.78 is 39.6. The molecule has 0 unspecified atom stereocenters. The third-order valence-electron chi connectivity index (χ3n) is 5.02. The molecule has 0 spiro atoms. The summed E-state index contributed by atoms with van der Waals surface area (Å²) in [5, 5.41) is 5.22. The molecule has 1 fully saturated rings. The SMILES string of the molecule is Cc1ccc(CNC(=O)NCC(=O)N2CCN(S(=O)(=O)c3ccc(F)cc3)CC2)cc1. The minimum atomic E-state index is -3.74. The Hall–Kier alpha value is -2.98. The van der Waals surface area contributed by atoms with E-state index < -0.39 is 21.9 Å². The molecule has 0 bridgehead atoms. The highest BCUT2D eigenvalue weighted by Crippen LogP contribution is 2.18. The summed E-state index contributed by atoms with van der Waals surface area (Å²) in [4.78, 5) is 25.8. The maximum atomic E-state index is 13.0. The highest BCUT2D eigenvalue weighted by molar-refractivity contribution is 7.89. The maximum absolute atomic E-state index is 13.0. The minimum absolute atomic E-state index is 0.0144. The van der Waals surface area contributed by atoms with Crippen LogP contribution in [0.3, 0.4) is 0 Å². The third-order valence-corrected chi connectivity index (χ3v) is 6.93. The number of rotatable bonds is 6. The van der Waals surface area contributed by atoms with Crippen LogP contribution in [0.5, 0.6) is 0 Å². The Morgan fingerprint density at radius 2 is 1.55 bits per heavy atom. The van der Waals surface area contributed by atoms with Crippen molar-refractivity contribution in [2.45, 2.75) is 18.4 Å². The van der Waals surface area contributed by atoms with Gasteiger partial charge in [0.15, 0.2) is 0 Å². The van der Waals surface area contributed by atoms with Crippen molar-refractivity contribution >= 4 is 22.0 Å². The van der Waals surface area contributed by atoms with Crippen LogP contribution in [0.4, 0.5) is 9.18 Å². The van der Waals surface area contributed by atoms with Crippen LogP contribution >= 0.6 is 0 Å². The number of piperazine rings is 1. The molecular weight excluding hydrogens is 423 g/mol. The van der Waals surface area contributed by atoms with Crippen LogP contribution in [-0.2, 0) is 21.4 Å². The van der Waals surface area contributed by atoms with Gasteiger partial charge in [-0.3, -0.25) is 4.79 Å². The predicted molar refractivity (Wildman–Crippen MR) is 113 cm³/mol. The van der Waals surface area contributed by atoms with Crippen LogP contribution in [-0.4, -0.2) is 62.3 Å². The molecule has 0 aliphatic carbocycles. The van der Waals surface area contributed by atoms with E-state index in [9.17, 15) is 22.4 Å². The lowest BCUT2D eigenvalue weighted by Gasteiger charge is -2.34. The predicted octanol–water partition coefficient (Wildman–Crippen LogP) is 1.47. The summed E-state index contributed by atoms with van der Waals surface area (Å²) in [7, 11) is -3.74. The maximum Gasteiger partial charge on any atom is 0.315 e. The van der Waals surface area contributed by atoms with Crippen molar-refractivity contribution in [3.63, 3.8) is 0 Å². The molecule has 8 nitrogen and oxygen atoms in total. The zero-order chi connectivity index (χ0) is 22.4. The molecule has 0 atom stereocenters. The molecule has 1 heterocycles. The van der Waals surface area contributed by atoms with Crippen LogP contribution in [0.2, 0.25) is 0 Å². The number of nitrogens with one attached hydrogen (secondary N) is 2. The molecule has 1 saturated heterocycles. The van der Waals surface area contributed by atoms with Gasteiger partial charge in [-0.1, -0.05) is 29.8 Å². The first-order chi connectivity index (χ1) is 14.8. The average Bonchev–Trinajstić information content (AvgIpc) is 2.77. The minimum Gasteiger partial charge on any atom is -0.339 e. The van der Waals surface area contributed by atoms with Crippen molar-refractivity contribution in [1.82, 2.24) is 19.8 Å². The highest BCUT2D eigenvalue weighted by Gasteiger charge is 2.30. The standard InChI is InChI=1S/C21H25FN4O4S/c1-16-2-4-17(5-3-16)14-23-21(28)24-15-20(27)25-10-12-26(13-11-25)31(29,30)19-8-6-18(22)7-9-19/h2-9H,10-15H2,1H3,(H2,23,24,28). The lowest BCUT2D eigenvalue weighted by molar-refractivity contribution is -0.131. The van der Waals surface area contributed by atoms with E-state index in [1.165, 1.54) is 21.3 Å². The quantitative estimate of drug-likeness (QED) is 0.699. The number of urea groups is 1. The number of aryl methyl sites for hydroxylation is 1. The molecule has 0 aromatic heterocycles. The molecule has 31 heavy (non-hydrogen) atoms. The Morgan fingerprint density at radius 1 is 0.935 bits per heavy atom. The van der Waals surface area contributed by atoms with E-state index >= 15 is 0 Å². The van der Waals surface area contributed by atoms with E-state index in [0.29, 0.717) is 6.54 Å². The number of sulfonamides is 1. The summed E-state index contributed by atoms with van der Waals surface area (Å²) in [6.45, 7) is 2.84. The summed E-state index contributed by atoms with van der Waals surface area (Å²) in [5.41, 5.74) is 2.08. The molecule has 166 valence electrons. The second kappa shape index (κ2) is 9.88. The fraction of sp³-hybridized carbons (Fsp3) is 0.333. The number of halogens is 1. The average molecular weight is 449 g/mol. The molecule has 0 radical (unpaired) electrons. The molecule has 0 saturated carbocycles. The van der Waals surface area contributed by atoms with Crippen LogP contribution < -0.4 is 10.6 Å². The molecule has 2 N–H and O–H groups in total. The van der Waals surface area contributed by atoms with E-state index in [1.54, 1.807) is 0 Å². The lowest BCUT2D eigenvalue weighted by Crippen LogP contribution is -2.53. The third kappa shape index (κ3) is 6.02. The molecule has 3 rings (SSSR count). The van der Waals surface area contributed by atoms with Crippen molar-refractivity contribution in [3.05, 3.63) is 65.5 Å². The Morgan fingerprint density at radius 3 is 2.16 bits per heavy atom. The molecule has 1 aliphatic rings. The number of benzene rings is 2. The molecule has 2 aromatic carbocycles. The van der Waals surface area contributed by atoms with E-state index in [1.807, 2.05) is 31.2 Å². The Bertz CT molecular complexity index is 1020. The van der Waals surface area contributed by atoms with Crippen LogP contribution in [0.15, 0.2) is 53.4 Å². The van der Waals surface area contributed by atoms with E-state index in [0.717, 1.165) is 23.3 Å². The van der Waals surface area contributed by atoms with Gasteiger partial charge in [0.2, 0.25) is 15.9 Å². The van der Waals surface area contributed by atoms with E-state index in [-0.39, 0.29) is 43.5 Å². The summed E-state index contributed by atoms with van der Waals surface area (Å²) >= 11 is 0. The fourth-order valence-electron chi connectivity index (χ4n) is 3.15. The van der Waals surface area contributed by atoms with Gasteiger partial charge in [0.05, 0.1) is 11.4 Å². The van der Waals surface area contributed by atoms with Gasteiger partial charge in [-0.05, 0) is 36.8 Å². The monoisotopic (exact) mass is 448 g/mol. The van der Waals surface area contributed by atoms with Crippen molar-refractivity contribution in [1.29, 1.82) is 0 Å². The van der Waals surface area contributed by atoms with Crippen molar-refractivity contribution < 1.29 is 22.4 Å². The number of hydrogen-bond acceptors (Lipinski definition) is 4. The van der Waals surface area contributed by atoms with Gasteiger partial charge in [-0.25, -0.2) is 17.6 Å². The largest absolute Gasteiger partial charge is 0.339 e. The van der Waals surface area contributed by atoms with E-state index in [4.69, 9.17) is 0 Å². The van der Waals surface area contributed by atoms with Crippen molar-refractivity contribution in [2.24, 2.45) is 0 Å². The number of carbonyl (C=O) groups is 2. The van der Waals surface area contributed by atoms with Gasteiger partial charge in [0.25, 0.3) is 0 Å². The number of carbonyl (C=O) groups excluding carboxylic acids is 2. The topological polar surface area (TPSA) is 98.8 Å². The zero-order valence-corrected chi connectivity index (χ0v) is 18.0. The Balaban J connectivity index is 1.43. The molecule has 10 heteroatoms. The first-order valence-electron chi connectivity index (χ1n) is 9.86. The molecule has 1 aliphatic heterocycles. The second-order valence-electron chi connectivity index (χ2n) is 7.26. The zero-order valence-electron chi connectivity index (χ0n) is 17.2. The van der Waals surface area contributed by atoms with Gasteiger partial charge < -0.3 is 15.5 Å². The second-order valence-corrected chi connectivity index (χ2v) is 9.20. The number of amides is 3. The summed E-state index contributed by atoms with van der Waals surface area (Å²) in [6.07, 6.45) is 0. The molecule has 2 aromatic rings. The fourth-order valence-corrected chi connectivity index (χ4v) is 4.57. The smallest absolute Gasteiger partial charge is 0.315 e. The first kappa shape index (κ1) is 22.7. The summed E-state index contributed by atoms with van der Waals surface area (Å²) in [5.74, 6) is -0.797. The number of nitrogens with zero attached hydrogens (tertiary/aromatic N) is 2. The molecular formula is C21H25FN4O4S. The molecule has 3 amide bonds. The van der Waals surface area contributed by atoms with Crippen LogP contribution in [0, 0.1) is 12.7 Å². The van der Waals surface area contributed by atoms with Crippen LogP contribution in [0.25, 0.3) is 0 Å². The van der Waals surface area contributed by atoms with Gasteiger partial charge in [0.1, 0.15) is 5.82 Å². The normalized spacial score (nSPS) is 14.8. The van der Waals surface area contributed by atoms with Crippen LogP contribution in [0.1, 0.15) is 11.1 Å². The van der Waals surface area contributed by atoms with Gasteiger partial charge in [-0.15, -0.1) is 0 Å². The lowest BCUT2D eigenvalue weighted by atomic mass is 10.1. The summed E-state index contributed by atoms with van der Waals surface area (Å²) in [6, 6.07) is 11.9. The van der Waals surface area contributed by atoms with Crippen molar-refractivity contribution in [2.75, 3.05) is 32.7 Å². The number of hydrogen-bond donors (Lipinski definition) is 2. The van der Waals surface area contributed by atoms with Gasteiger partial charge in [0, 0.05) is 32.7 Å². The highest BCUT2D eigenvalue weighted by atomic mass is 32.2. The van der Waals surface area contributed by atoms with Crippen molar-refractivity contribution in [3.8, 4) is 0 Å². The van der Waals surface area contributed by atoms with E-state index in [2.05, 4.69) is 10.6 Å². The van der Waals surface area contributed by atoms with Gasteiger partial charge in [-0.2, -0.15) is 4.31 Å². The Labute approximate surface area is 181 Å².